The van der Waals surface area contributed by atoms with E-state index >= 15 is 0 Å². The smallest absolute Gasteiger partial charge is 0.453 e. The third-order valence-corrected chi connectivity index (χ3v) is 2.58. The molecule has 0 aliphatic heterocycles. The summed E-state index contributed by atoms with van der Waals surface area (Å²) in [7, 11) is 0. The van der Waals surface area contributed by atoms with Crippen molar-refractivity contribution in [3.05, 3.63) is 28.7 Å². The van der Waals surface area contributed by atoms with E-state index in [1.165, 1.54) is 6.07 Å². The fourth-order valence-electron chi connectivity index (χ4n) is 0.993. The molecule has 1 nitrogen and oxygen atoms in total. The summed E-state index contributed by atoms with van der Waals surface area (Å²) < 4.78 is 65.8. The first-order chi connectivity index (χ1) is 7.74. The average Bonchev–Trinajstić information content (AvgIpc) is 2.19. The van der Waals surface area contributed by atoms with Gasteiger partial charge in [-0.05, 0) is 28.1 Å². The molecular formula is C10H8BrF5O. The van der Waals surface area contributed by atoms with Crippen molar-refractivity contribution in [2.75, 3.05) is 6.61 Å². The maximum Gasteiger partial charge on any atom is 0.453 e. The van der Waals surface area contributed by atoms with Crippen LogP contribution in [0.25, 0.3) is 0 Å². The van der Waals surface area contributed by atoms with E-state index in [0.717, 1.165) is 0 Å². The van der Waals surface area contributed by atoms with E-state index in [-0.39, 0.29) is 5.75 Å². The molecule has 0 unspecified atom stereocenters. The van der Waals surface area contributed by atoms with Crippen LogP contribution in [-0.2, 0) is 0 Å². The molecule has 1 aromatic rings. The van der Waals surface area contributed by atoms with Crippen molar-refractivity contribution in [1.82, 2.24) is 0 Å². The van der Waals surface area contributed by atoms with Gasteiger partial charge in [0, 0.05) is 0 Å². The summed E-state index contributed by atoms with van der Waals surface area (Å²) in [5.74, 6) is -4.50. The van der Waals surface area contributed by atoms with Gasteiger partial charge in [0.2, 0.25) is 0 Å². The van der Waals surface area contributed by atoms with Crippen molar-refractivity contribution in [2.45, 2.75) is 18.5 Å². The fourth-order valence-corrected chi connectivity index (χ4v) is 1.39. The Hall–Kier alpha value is -0.850. The Kier molecular flexibility index (Phi) is 4.35. The van der Waals surface area contributed by atoms with Gasteiger partial charge in [-0.15, -0.1) is 0 Å². The van der Waals surface area contributed by atoms with E-state index in [1.54, 1.807) is 18.2 Å². The number of ether oxygens (including phenoxy) is 1. The second-order valence-electron chi connectivity index (χ2n) is 3.23. The standard InChI is InChI=1S/C10H8BrF5O/c11-7-3-1-2-4-8(7)17-6-5-9(12,13)10(14,15)16/h1-4H,5-6H2. The van der Waals surface area contributed by atoms with Crippen molar-refractivity contribution >= 4 is 15.9 Å². The van der Waals surface area contributed by atoms with Crippen LogP contribution in [0, 0.1) is 0 Å². The van der Waals surface area contributed by atoms with E-state index in [4.69, 9.17) is 4.74 Å². The maximum atomic E-state index is 12.5. The van der Waals surface area contributed by atoms with Crippen LogP contribution in [0.1, 0.15) is 6.42 Å². The second kappa shape index (κ2) is 5.20. The molecule has 0 atom stereocenters. The van der Waals surface area contributed by atoms with E-state index < -0.39 is 25.1 Å². The Balaban J connectivity index is 2.52. The molecule has 0 saturated carbocycles. The number of alkyl halides is 5. The predicted molar refractivity (Wildman–Crippen MR) is 55.3 cm³/mol. The molecule has 96 valence electrons. The summed E-state index contributed by atoms with van der Waals surface area (Å²) in [6, 6.07) is 6.32. The average molecular weight is 319 g/mol. The minimum atomic E-state index is -5.54. The quantitative estimate of drug-likeness (QED) is 0.747. The molecule has 0 aliphatic rings. The lowest BCUT2D eigenvalue weighted by Gasteiger charge is -2.19. The molecule has 0 saturated heterocycles. The molecule has 7 heteroatoms. The van der Waals surface area contributed by atoms with Crippen LogP contribution < -0.4 is 4.74 Å². The Morgan fingerprint density at radius 2 is 1.65 bits per heavy atom. The zero-order valence-electron chi connectivity index (χ0n) is 8.40. The first-order valence-electron chi connectivity index (χ1n) is 4.56. The third-order valence-electron chi connectivity index (χ3n) is 1.92. The highest BCUT2D eigenvalue weighted by Crippen LogP contribution is 2.38. The minimum Gasteiger partial charge on any atom is -0.492 e. The van der Waals surface area contributed by atoms with E-state index in [1.807, 2.05) is 0 Å². The van der Waals surface area contributed by atoms with Gasteiger partial charge in [-0.1, -0.05) is 12.1 Å². The van der Waals surface area contributed by atoms with Gasteiger partial charge in [0.15, 0.2) is 0 Å². The molecule has 0 heterocycles. The van der Waals surface area contributed by atoms with Crippen LogP contribution in [0.2, 0.25) is 0 Å². The summed E-state index contributed by atoms with van der Waals surface area (Å²) >= 11 is 3.08. The number of hydrogen-bond donors (Lipinski definition) is 0. The molecule has 1 rings (SSSR count). The lowest BCUT2D eigenvalue weighted by atomic mass is 10.2. The molecule has 0 aromatic heterocycles. The highest BCUT2D eigenvalue weighted by molar-refractivity contribution is 9.10. The van der Waals surface area contributed by atoms with E-state index in [9.17, 15) is 22.0 Å². The van der Waals surface area contributed by atoms with Crippen molar-refractivity contribution in [2.24, 2.45) is 0 Å². The molecular weight excluding hydrogens is 311 g/mol. The summed E-state index contributed by atoms with van der Waals surface area (Å²) in [4.78, 5) is 0. The number of halogens is 6. The number of para-hydroxylation sites is 1. The second-order valence-corrected chi connectivity index (χ2v) is 4.09. The zero-order valence-corrected chi connectivity index (χ0v) is 9.99. The normalized spacial score (nSPS) is 12.6. The Labute approximate surface area is 103 Å². The highest BCUT2D eigenvalue weighted by Gasteiger charge is 2.56. The monoisotopic (exact) mass is 318 g/mol. The minimum absolute atomic E-state index is 0.227. The molecule has 17 heavy (non-hydrogen) atoms. The third kappa shape index (κ3) is 3.83. The van der Waals surface area contributed by atoms with Crippen LogP contribution in [-0.4, -0.2) is 18.7 Å². The first kappa shape index (κ1) is 14.2. The predicted octanol–water partition coefficient (Wildman–Crippen LogP) is 4.42. The van der Waals surface area contributed by atoms with Crippen LogP contribution >= 0.6 is 15.9 Å². The van der Waals surface area contributed by atoms with Crippen LogP contribution in [0.15, 0.2) is 28.7 Å². The van der Waals surface area contributed by atoms with E-state index in [2.05, 4.69) is 15.9 Å². The highest BCUT2D eigenvalue weighted by atomic mass is 79.9. The lowest BCUT2D eigenvalue weighted by molar-refractivity contribution is -0.285. The SMILES string of the molecule is FC(F)(F)C(F)(F)CCOc1ccccc1Br. The van der Waals surface area contributed by atoms with Gasteiger partial charge >= 0.3 is 12.1 Å². The summed E-state index contributed by atoms with van der Waals surface area (Å²) in [6.45, 7) is -0.713. The lowest BCUT2D eigenvalue weighted by Crippen LogP contribution is -2.37. The van der Waals surface area contributed by atoms with Gasteiger partial charge in [-0.3, -0.25) is 0 Å². The van der Waals surface area contributed by atoms with Crippen molar-refractivity contribution < 1.29 is 26.7 Å². The van der Waals surface area contributed by atoms with Gasteiger partial charge in [0.1, 0.15) is 5.75 Å². The molecule has 1 aromatic carbocycles. The molecule has 0 N–H and O–H groups in total. The first-order valence-corrected chi connectivity index (χ1v) is 5.35. The Morgan fingerprint density at radius 1 is 1.06 bits per heavy atom. The topological polar surface area (TPSA) is 9.23 Å². The molecule has 0 amide bonds. The van der Waals surface area contributed by atoms with E-state index in [0.29, 0.717) is 4.47 Å². The summed E-state index contributed by atoms with van der Waals surface area (Å²) in [5.41, 5.74) is 0. The fraction of sp³-hybridized carbons (Fsp3) is 0.400. The zero-order chi connectivity index (χ0) is 13.1. The Bertz CT molecular complexity index is 377. The van der Waals surface area contributed by atoms with Crippen LogP contribution in [0.5, 0.6) is 5.75 Å². The molecule has 0 spiro atoms. The van der Waals surface area contributed by atoms with Gasteiger partial charge in [0.25, 0.3) is 0 Å². The largest absolute Gasteiger partial charge is 0.492 e. The van der Waals surface area contributed by atoms with Crippen LogP contribution in [0.3, 0.4) is 0 Å². The van der Waals surface area contributed by atoms with Crippen molar-refractivity contribution in [1.29, 1.82) is 0 Å². The molecule has 0 aliphatic carbocycles. The van der Waals surface area contributed by atoms with Gasteiger partial charge in [0.05, 0.1) is 17.5 Å². The van der Waals surface area contributed by atoms with Crippen molar-refractivity contribution in [3.8, 4) is 5.75 Å². The summed E-state index contributed by atoms with van der Waals surface area (Å²) in [6.07, 6.45) is -6.94. The van der Waals surface area contributed by atoms with Crippen LogP contribution in [0.4, 0.5) is 22.0 Å². The number of hydrogen-bond acceptors (Lipinski definition) is 1. The number of benzene rings is 1. The van der Waals surface area contributed by atoms with Gasteiger partial charge in [-0.2, -0.15) is 22.0 Å². The van der Waals surface area contributed by atoms with Gasteiger partial charge < -0.3 is 4.74 Å². The number of rotatable bonds is 4. The summed E-state index contributed by atoms with van der Waals surface area (Å²) in [5, 5.41) is 0. The Morgan fingerprint density at radius 3 is 2.18 bits per heavy atom. The van der Waals surface area contributed by atoms with Gasteiger partial charge in [-0.25, -0.2) is 0 Å². The molecule has 0 fully saturated rings. The molecule has 0 radical (unpaired) electrons. The molecule has 0 bridgehead atoms. The maximum absolute atomic E-state index is 12.5. The van der Waals surface area contributed by atoms with Crippen molar-refractivity contribution in [3.63, 3.8) is 0 Å².